The summed E-state index contributed by atoms with van der Waals surface area (Å²) in [4.78, 5) is 23.5. The summed E-state index contributed by atoms with van der Waals surface area (Å²) in [7, 11) is 0. The monoisotopic (exact) mass is 272 g/mol. The van der Waals surface area contributed by atoms with Crippen molar-refractivity contribution in [3.63, 3.8) is 0 Å². The molecule has 0 saturated carbocycles. The van der Waals surface area contributed by atoms with Crippen molar-refractivity contribution in [2.45, 2.75) is 0 Å². The number of hydrogen-bond donors (Lipinski definition) is 2. The maximum absolute atomic E-state index is 13.4. The lowest BCUT2D eigenvalue weighted by molar-refractivity contribution is -0.145. The van der Waals surface area contributed by atoms with Gasteiger partial charge in [0.25, 0.3) is 0 Å². The van der Waals surface area contributed by atoms with Gasteiger partial charge in [-0.3, -0.25) is 4.79 Å². The fraction of sp³-hybridized carbons (Fsp3) is 0.273. The number of benzene rings is 1. The van der Waals surface area contributed by atoms with E-state index < -0.39 is 23.7 Å². The molecule has 1 heterocycles. The van der Waals surface area contributed by atoms with Crippen LogP contribution >= 0.6 is 11.6 Å². The molecule has 2 N–H and O–H groups in total. The molecule has 0 atom stereocenters. The first-order valence-electron chi connectivity index (χ1n) is 5.22. The molecule has 0 spiro atoms. The molecule has 0 aromatic heterocycles. The van der Waals surface area contributed by atoms with Gasteiger partial charge in [0.15, 0.2) is 0 Å². The van der Waals surface area contributed by atoms with E-state index in [4.69, 9.17) is 16.7 Å². The molecule has 96 valence electrons. The Kier molecular flexibility index (Phi) is 3.38. The van der Waals surface area contributed by atoms with E-state index in [1.54, 1.807) is 0 Å². The standard InChI is InChI=1S/C11H10ClFN2O3/c12-7-2-1-3-8(13)9(7)14-11(18)15-4-6(5-15)10(16)17/h1-3,6H,4-5H2,(H,14,18)(H,16,17). The lowest BCUT2D eigenvalue weighted by atomic mass is 10.0. The Bertz CT molecular complexity index is 483. The zero-order valence-corrected chi connectivity index (χ0v) is 9.95. The van der Waals surface area contributed by atoms with E-state index in [0.717, 1.165) is 0 Å². The van der Waals surface area contributed by atoms with Crippen LogP contribution in [0.4, 0.5) is 14.9 Å². The van der Waals surface area contributed by atoms with Crippen LogP contribution in [0.2, 0.25) is 5.02 Å². The lowest BCUT2D eigenvalue weighted by Gasteiger charge is -2.36. The Labute approximate surface area is 107 Å². The maximum atomic E-state index is 13.4. The van der Waals surface area contributed by atoms with Crippen LogP contribution in [0.5, 0.6) is 0 Å². The maximum Gasteiger partial charge on any atom is 0.322 e. The summed E-state index contributed by atoms with van der Waals surface area (Å²) in [5.74, 6) is -2.12. The first-order chi connectivity index (χ1) is 8.49. The number of carboxylic acid groups (broad SMARTS) is 1. The number of rotatable bonds is 2. The van der Waals surface area contributed by atoms with Gasteiger partial charge in [0.05, 0.1) is 16.6 Å². The predicted molar refractivity (Wildman–Crippen MR) is 63.1 cm³/mol. The molecule has 1 fully saturated rings. The quantitative estimate of drug-likeness (QED) is 0.865. The summed E-state index contributed by atoms with van der Waals surface area (Å²) in [6.07, 6.45) is 0. The minimum absolute atomic E-state index is 0.0945. The van der Waals surface area contributed by atoms with Gasteiger partial charge in [-0.1, -0.05) is 17.7 Å². The number of urea groups is 1. The summed E-state index contributed by atoms with van der Waals surface area (Å²) in [6, 6.07) is 3.50. The third-order valence-electron chi connectivity index (χ3n) is 2.71. The molecule has 2 amide bonds. The van der Waals surface area contributed by atoms with Crippen molar-refractivity contribution in [3.8, 4) is 0 Å². The lowest BCUT2D eigenvalue weighted by Crippen LogP contribution is -2.54. The van der Waals surface area contributed by atoms with E-state index in [1.165, 1.54) is 23.1 Å². The molecule has 1 aromatic carbocycles. The van der Waals surface area contributed by atoms with E-state index in [-0.39, 0.29) is 23.8 Å². The highest BCUT2D eigenvalue weighted by Gasteiger charge is 2.35. The SMILES string of the molecule is O=C(O)C1CN(C(=O)Nc2c(F)cccc2Cl)C1. The van der Waals surface area contributed by atoms with Gasteiger partial charge >= 0.3 is 12.0 Å². The molecule has 1 aliphatic rings. The Morgan fingerprint density at radius 2 is 2.11 bits per heavy atom. The van der Waals surface area contributed by atoms with Gasteiger partial charge in [0.1, 0.15) is 5.82 Å². The van der Waals surface area contributed by atoms with E-state index >= 15 is 0 Å². The molecule has 1 saturated heterocycles. The largest absolute Gasteiger partial charge is 0.481 e. The van der Waals surface area contributed by atoms with Crippen LogP contribution in [0.25, 0.3) is 0 Å². The van der Waals surface area contributed by atoms with Gasteiger partial charge in [0, 0.05) is 13.1 Å². The predicted octanol–water partition coefficient (Wildman–Crippen LogP) is 2.03. The number of carbonyl (C=O) groups excluding carboxylic acids is 1. The molecule has 0 radical (unpaired) electrons. The second-order valence-electron chi connectivity index (χ2n) is 3.97. The van der Waals surface area contributed by atoms with Crippen LogP contribution < -0.4 is 5.32 Å². The minimum atomic E-state index is -0.942. The van der Waals surface area contributed by atoms with E-state index in [0.29, 0.717) is 0 Å². The Morgan fingerprint density at radius 1 is 1.44 bits per heavy atom. The Balaban J connectivity index is 1.99. The number of aliphatic carboxylic acids is 1. The van der Waals surface area contributed by atoms with Crippen molar-refractivity contribution in [2.24, 2.45) is 5.92 Å². The van der Waals surface area contributed by atoms with Crippen LogP contribution in [-0.4, -0.2) is 35.1 Å². The number of halogens is 2. The van der Waals surface area contributed by atoms with Gasteiger partial charge in [-0.2, -0.15) is 0 Å². The number of likely N-dealkylation sites (tertiary alicyclic amines) is 1. The molecule has 5 nitrogen and oxygen atoms in total. The van der Waals surface area contributed by atoms with Crippen molar-refractivity contribution in [1.29, 1.82) is 0 Å². The van der Waals surface area contributed by atoms with Crippen LogP contribution in [0.1, 0.15) is 0 Å². The number of anilines is 1. The minimum Gasteiger partial charge on any atom is -0.481 e. The molecule has 1 aromatic rings. The number of hydrogen-bond acceptors (Lipinski definition) is 2. The van der Waals surface area contributed by atoms with E-state index in [1.807, 2.05) is 0 Å². The molecule has 1 aliphatic heterocycles. The number of para-hydroxylation sites is 1. The average Bonchev–Trinajstić information content (AvgIpc) is 2.21. The summed E-state index contributed by atoms with van der Waals surface area (Å²) >= 11 is 5.75. The first kappa shape index (κ1) is 12.6. The first-order valence-corrected chi connectivity index (χ1v) is 5.59. The number of nitrogens with zero attached hydrogens (tertiary/aromatic N) is 1. The number of carbonyl (C=O) groups is 2. The topological polar surface area (TPSA) is 69.6 Å². The van der Waals surface area contributed by atoms with Gasteiger partial charge < -0.3 is 15.3 Å². The van der Waals surface area contributed by atoms with Crippen molar-refractivity contribution >= 4 is 29.3 Å². The van der Waals surface area contributed by atoms with E-state index in [2.05, 4.69) is 5.32 Å². The number of carboxylic acids is 1. The average molecular weight is 273 g/mol. The zero-order valence-electron chi connectivity index (χ0n) is 9.19. The molecule has 0 unspecified atom stereocenters. The fourth-order valence-electron chi connectivity index (χ4n) is 1.60. The fourth-order valence-corrected chi connectivity index (χ4v) is 1.81. The molecular formula is C11H10ClFN2O3. The van der Waals surface area contributed by atoms with Crippen molar-refractivity contribution in [1.82, 2.24) is 4.90 Å². The molecule has 18 heavy (non-hydrogen) atoms. The molecule has 0 bridgehead atoms. The third-order valence-corrected chi connectivity index (χ3v) is 3.03. The summed E-state index contributed by atoms with van der Waals surface area (Å²) in [5, 5.41) is 11.1. The van der Waals surface area contributed by atoms with Crippen LogP contribution in [-0.2, 0) is 4.79 Å². The summed E-state index contributed by atoms with van der Waals surface area (Å²) in [5.41, 5.74) is -0.0945. The Hall–Kier alpha value is -1.82. The van der Waals surface area contributed by atoms with Crippen LogP contribution in [0.15, 0.2) is 18.2 Å². The number of amides is 2. The number of nitrogens with one attached hydrogen (secondary N) is 1. The zero-order chi connectivity index (χ0) is 13.3. The third kappa shape index (κ3) is 2.38. The molecule has 7 heteroatoms. The smallest absolute Gasteiger partial charge is 0.322 e. The van der Waals surface area contributed by atoms with Crippen molar-refractivity contribution < 1.29 is 19.1 Å². The second-order valence-corrected chi connectivity index (χ2v) is 4.37. The molecule has 2 rings (SSSR count). The van der Waals surface area contributed by atoms with Crippen molar-refractivity contribution in [3.05, 3.63) is 29.0 Å². The van der Waals surface area contributed by atoms with Crippen LogP contribution in [0, 0.1) is 11.7 Å². The van der Waals surface area contributed by atoms with Gasteiger partial charge in [-0.25, -0.2) is 9.18 Å². The van der Waals surface area contributed by atoms with Crippen LogP contribution in [0.3, 0.4) is 0 Å². The normalized spacial score (nSPS) is 15.1. The molecule has 0 aliphatic carbocycles. The van der Waals surface area contributed by atoms with Gasteiger partial charge in [-0.05, 0) is 12.1 Å². The molecular weight excluding hydrogens is 263 g/mol. The second kappa shape index (κ2) is 4.81. The highest BCUT2D eigenvalue weighted by Crippen LogP contribution is 2.26. The van der Waals surface area contributed by atoms with Crippen molar-refractivity contribution in [2.75, 3.05) is 18.4 Å². The Morgan fingerprint density at radius 3 is 2.67 bits per heavy atom. The highest BCUT2D eigenvalue weighted by molar-refractivity contribution is 6.33. The van der Waals surface area contributed by atoms with E-state index in [9.17, 15) is 14.0 Å². The van der Waals surface area contributed by atoms with Gasteiger partial charge in [0.2, 0.25) is 0 Å². The highest BCUT2D eigenvalue weighted by atomic mass is 35.5. The summed E-state index contributed by atoms with van der Waals surface area (Å²) < 4.78 is 13.4. The van der Waals surface area contributed by atoms with Gasteiger partial charge in [-0.15, -0.1) is 0 Å². The summed E-state index contributed by atoms with van der Waals surface area (Å²) in [6.45, 7) is 0.237.